The summed E-state index contributed by atoms with van der Waals surface area (Å²) in [4.78, 5) is 19.5. The summed E-state index contributed by atoms with van der Waals surface area (Å²) in [7, 11) is 3.60. The fourth-order valence-electron chi connectivity index (χ4n) is 3.34. The summed E-state index contributed by atoms with van der Waals surface area (Å²) in [6.45, 7) is 6.90. The molecule has 0 saturated carbocycles. The number of aromatic nitrogens is 3. The lowest BCUT2D eigenvalue weighted by Crippen LogP contribution is -2.25. The maximum absolute atomic E-state index is 12.3. The molecular weight excluding hydrogens is 328 g/mol. The Balaban J connectivity index is 1.81. The summed E-state index contributed by atoms with van der Waals surface area (Å²) >= 11 is 0. The third-order valence-electron chi connectivity index (χ3n) is 4.61. The van der Waals surface area contributed by atoms with Crippen molar-refractivity contribution in [3.8, 4) is 0 Å². The molecule has 26 heavy (non-hydrogen) atoms. The SMILES string of the molecule is CNC(=O)c1cc2c(nc1NC(C)C)CCN(Cc1cnn(C)c1)CC2. The van der Waals surface area contributed by atoms with Crippen LogP contribution in [0.25, 0.3) is 0 Å². The third-order valence-corrected chi connectivity index (χ3v) is 4.61. The van der Waals surface area contributed by atoms with Gasteiger partial charge in [0.1, 0.15) is 5.82 Å². The van der Waals surface area contributed by atoms with E-state index in [2.05, 4.69) is 40.7 Å². The van der Waals surface area contributed by atoms with E-state index in [1.165, 1.54) is 11.1 Å². The van der Waals surface area contributed by atoms with Crippen molar-refractivity contribution in [3.05, 3.63) is 40.8 Å². The Morgan fingerprint density at radius 1 is 1.31 bits per heavy atom. The molecule has 140 valence electrons. The number of hydrogen-bond acceptors (Lipinski definition) is 5. The summed E-state index contributed by atoms with van der Waals surface area (Å²) in [5.74, 6) is 0.582. The highest BCUT2D eigenvalue weighted by atomic mass is 16.1. The number of nitrogens with one attached hydrogen (secondary N) is 2. The van der Waals surface area contributed by atoms with Gasteiger partial charge in [-0.3, -0.25) is 14.4 Å². The van der Waals surface area contributed by atoms with Gasteiger partial charge in [-0.25, -0.2) is 4.98 Å². The highest BCUT2D eigenvalue weighted by Crippen LogP contribution is 2.23. The molecule has 2 aromatic rings. The molecular formula is C19H28N6O. The van der Waals surface area contributed by atoms with Crippen LogP contribution in [0.1, 0.15) is 41.0 Å². The maximum Gasteiger partial charge on any atom is 0.254 e. The van der Waals surface area contributed by atoms with E-state index in [1.54, 1.807) is 7.05 Å². The van der Waals surface area contributed by atoms with Crippen LogP contribution in [-0.2, 0) is 26.4 Å². The van der Waals surface area contributed by atoms with Crippen molar-refractivity contribution in [2.45, 2.75) is 39.3 Å². The zero-order valence-corrected chi connectivity index (χ0v) is 16.0. The first kappa shape index (κ1) is 18.4. The van der Waals surface area contributed by atoms with Gasteiger partial charge in [0.2, 0.25) is 0 Å². The third kappa shape index (κ3) is 4.22. The van der Waals surface area contributed by atoms with Crippen LogP contribution in [0.4, 0.5) is 5.82 Å². The minimum Gasteiger partial charge on any atom is -0.367 e. The number of carbonyl (C=O) groups is 1. The van der Waals surface area contributed by atoms with Crippen LogP contribution in [0.3, 0.4) is 0 Å². The van der Waals surface area contributed by atoms with E-state index in [1.807, 2.05) is 24.0 Å². The molecule has 1 aliphatic heterocycles. The van der Waals surface area contributed by atoms with E-state index in [0.717, 1.165) is 38.2 Å². The molecule has 1 aliphatic rings. The Labute approximate surface area is 154 Å². The van der Waals surface area contributed by atoms with E-state index >= 15 is 0 Å². The number of nitrogens with zero attached hydrogens (tertiary/aromatic N) is 4. The quantitative estimate of drug-likeness (QED) is 0.851. The van der Waals surface area contributed by atoms with Crippen LogP contribution in [0, 0.1) is 0 Å². The molecule has 0 radical (unpaired) electrons. The van der Waals surface area contributed by atoms with Crippen molar-refractivity contribution in [2.75, 3.05) is 25.5 Å². The standard InChI is InChI=1S/C19H28N6O/c1-13(2)22-18-16(19(26)20-3)9-15-5-7-25(8-6-17(15)23-18)12-14-10-21-24(4)11-14/h9-11,13H,5-8,12H2,1-4H3,(H,20,26)(H,22,23). The van der Waals surface area contributed by atoms with Gasteiger partial charge in [0.05, 0.1) is 11.8 Å². The summed E-state index contributed by atoms with van der Waals surface area (Å²) in [6, 6.07) is 2.23. The summed E-state index contributed by atoms with van der Waals surface area (Å²) < 4.78 is 1.84. The summed E-state index contributed by atoms with van der Waals surface area (Å²) in [5.41, 5.74) is 4.11. The maximum atomic E-state index is 12.3. The van der Waals surface area contributed by atoms with Crippen LogP contribution in [0.2, 0.25) is 0 Å². The molecule has 0 atom stereocenters. The Kier molecular flexibility index (Phi) is 5.56. The molecule has 7 nitrogen and oxygen atoms in total. The number of aryl methyl sites for hydroxylation is 1. The fourth-order valence-corrected chi connectivity index (χ4v) is 3.34. The molecule has 0 spiro atoms. The Morgan fingerprint density at radius 3 is 2.73 bits per heavy atom. The number of anilines is 1. The van der Waals surface area contributed by atoms with Crippen LogP contribution >= 0.6 is 0 Å². The molecule has 2 N–H and O–H groups in total. The molecule has 3 heterocycles. The van der Waals surface area contributed by atoms with Gasteiger partial charge in [0.15, 0.2) is 0 Å². The monoisotopic (exact) mass is 356 g/mol. The predicted octanol–water partition coefficient (Wildman–Crippen LogP) is 1.60. The second-order valence-electron chi connectivity index (χ2n) is 7.17. The normalized spacial score (nSPS) is 14.8. The van der Waals surface area contributed by atoms with Gasteiger partial charge in [0, 0.05) is 63.6 Å². The van der Waals surface area contributed by atoms with Crippen molar-refractivity contribution in [2.24, 2.45) is 7.05 Å². The van der Waals surface area contributed by atoms with Crippen molar-refractivity contribution >= 4 is 11.7 Å². The Morgan fingerprint density at radius 2 is 2.08 bits per heavy atom. The minimum absolute atomic E-state index is 0.0973. The lowest BCUT2D eigenvalue weighted by molar-refractivity contribution is 0.0963. The molecule has 7 heteroatoms. The van der Waals surface area contributed by atoms with Gasteiger partial charge < -0.3 is 10.6 Å². The smallest absolute Gasteiger partial charge is 0.254 e. The summed E-state index contributed by atoms with van der Waals surface area (Å²) in [5, 5.41) is 10.3. The number of fused-ring (bicyclic) bond motifs is 1. The molecule has 0 aromatic carbocycles. The lowest BCUT2D eigenvalue weighted by atomic mass is 10.0. The molecule has 0 unspecified atom stereocenters. The molecule has 3 rings (SSSR count). The topological polar surface area (TPSA) is 75.1 Å². The molecule has 0 bridgehead atoms. The van der Waals surface area contributed by atoms with Crippen LogP contribution in [0.5, 0.6) is 0 Å². The molecule has 0 saturated heterocycles. The minimum atomic E-state index is -0.0973. The zero-order chi connectivity index (χ0) is 18.7. The summed E-state index contributed by atoms with van der Waals surface area (Å²) in [6.07, 6.45) is 5.76. The first-order chi connectivity index (χ1) is 12.5. The predicted molar refractivity (Wildman–Crippen MR) is 102 cm³/mol. The molecule has 1 amide bonds. The first-order valence-electron chi connectivity index (χ1n) is 9.17. The number of rotatable bonds is 5. The Hall–Kier alpha value is -2.41. The van der Waals surface area contributed by atoms with Crippen LogP contribution < -0.4 is 10.6 Å². The van der Waals surface area contributed by atoms with Crippen molar-refractivity contribution in [1.82, 2.24) is 25.0 Å². The fraction of sp³-hybridized carbons (Fsp3) is 0.526. The van der Waals surface area contributed by atoms with E-state index in [0.29, 0.717) is 11.4 Å². The Bertz CT molecular complexity index is 782. The van der Waals surface area contributed by atoms with E-state index < -0.39 is 0 Å². The molecule has 2 aromatic heterocycles. The van der Waals surface area contributed by atoms with Gasteiger partial charge in [0.25, 0.3) is 5.91 Å². The average Bonchev–Trinajstić information content (AvgIpc) is 2.91. The van der Waals surface area contributed by atoms with E-state index in [4.69, 9.17) is 4.98 Å². The largest absolute Gasteiger partial charge is 0.367 e. The first-order valence-corrected chi connectivity index (χ1v) is 9.17. The van der Waals surface area contributed by atoms with E-state index in [9.17, 15) is 4.79 Å². The second kappa shape index (κ2) is 7.86. The van der Waals surface area contributed by atoms with E-state index in [-0.39, 0.29) is 11.9 Å². The van der Waals surface area contributed by atoms with Crippen LogP contribution in [0.15, 0.2) is 18.5 Å². The lowest BCUT2D eigenvalue weighted by Gasteiger charge is -2.18. The van der Waals surface area contributed by atoms with Gasteiger partial charge in [-0.2, -0.15) is 5.10 Å². The zero-order valence-electron chi connectivity index (χ0n) is 16.0. The van der Waals surface area contributed by atoms with Crippen LogP contribution in [-0.4, -0.2) is 51.8 Å². The molecule has 0 aliphatic carbocycles. The van der Waals surface area contributed by atoms with Gasteiger partial charge >= 0.3 is 0 Å². The van der Waals surface area contributed by atoms with Gasteiger partial charge in [-0.05, 0) is 31.9 Å². The molecule has 0 fully saturated rings. The number of carbonyl (C=O) groups excluding carboxylic acids is 1. The second-order valence-corrected chi connectivity index (χ2v) is 7.17. The van der Waals surface area contributed by atoms with Gasteiger partial charge in [-0.1, -0.05) is 0 Å². The van der Waals surface area contributed by atoms with Crippen molar-refractivity contribution in [1.29, 1.82) is 0 Å². The number of hydrogen-bond donors (Lipinski definition) is 2. The average molecular weight is 356 g/mol. The van der Waals surface area contributed by atoms with Crippen molar-refractivity contribution < 1.29 is 4.79 Å². The highest BCUT2D eigenvalue weighted by Gasteiger charge is 2.21. The van der Waals surface area contributed by atoms with Crippen molar-refractivity contribution in [3.63, 3.8) is 0 Å². The number of pyridine rings is 1. The van der Waals surface area contributed by atoms with Gasteiger partial charge in [-0.15, -0.1) is 0 Å². The number of amides is 1. The highest BCUT2D eigenvalue weighted by molar-refractivity contribution is 5.98.